The number of sulfone groups is 1. The Balaban J connectivity index is 1.84. The molecule has 0 unspecified atom stereocenters. The SMILES string of the molecule is O=C(NC1CCS(=O)(=O)CC1)c1cnc(Nc2cccc(Cl)c2Cl)nc1C(F)(F)F. The van der Waals surface area contributed by atoms with E-state index in [4.69, 9.17) is 23.2 Å². The van der Waals surface area contributed by atoms with Gasteiger partial charge < -0.3 is 10.6 Å². The maximum Gasteiger partial charge on any atom is 0.434 e. The number of hydrogen-bond acceptors (Lipinski definition) is 6. The van der Waals surface area contributed by atoms with Crippen LogP contribution >= 0.6 is 23.2 Å². The van der Waals surface area contributed by atoms with Crippen LogP contribution in [0, 0.1) is 0 Å². The maximum atomic E-state index is 13.5. The van der Waals surface area contributed by atoms with Crippen LogP contribution in [-0.2, 0) is 16.0 Å². The van der Waals surface area contributed by atoms with Crippen LogP contribution in [-0.4, -0.2) is 41.8 Å². The van der Waals surface area contributed by atoms with Crippen LogP contribution in [0.5, 0.6) is 0 Å². The molecule has 2 heterocycles. The third-order valence-electron chi connectivity index (χ3n) is 4.39. The van der Waals surface area contributed by atoms with Gasteiger partial charge in [-0.2, -0.15) is 13.2 Å². The van der Waals surface area contributed by atoms with Crippen molar-refractivity contribution in [2.75, 3.05) is 16.8 Å². The quantitative estimate of drug-likeness (QED) is 0.686. The smallest absolute Gasteiger partial charge is 0.349 e. The Kier molecular flexibility index (Phi) is 6.44. The van der Waals surface area contributed by atoms with E-state index >= 15 is 0 Å². The number of hydrogen-bond donors (Lipinski definition) is 2. The van der Waals surface area contributed by atoms with Gasteiger partial charge in [-0.1, -0.05) is 29.3 Å². The first kappa shape index (κ1) is 22.6. The monoisotopic (exact) mass is 482 g/mol. The molecular weight excluding hydrogens is 468 g/mol. The van der Waals surface area contributed by atoms with E-state index < -0.39 is 45.2 Å². The summed E-state index contributed by atoms with van der Waals surface area (Å²) >= 11 is 11.9. The molecule has 0 atom stereocenters. The molecule has 0 spiro atoms. The van der Waals surface area contributed by atoms with E-state index in [1.165, 1.54) is 18.2 Å². The number of amides is 1. The van der Waals surface area contributed by atoms with E-state index in [-0.39, 0.29) is 40.1 Å². The zero-order valence-electron chi connectivity index (χ0n) is 15.1. The zero-order chi connectivity index (χ0) is 22.1. The lowest BCUT2D eigenvalue weighted by molar-refractivity contribution is -0.141. The van der Waals surface area contributed by atoms with E-state index in [9.17, 15) is 26.4 Å². The van der Waals surface area contributed by atoms with Crippen molar-refractivity contribution in [2.24, 2.45) is 0 Å². The molecule has 1 aliphatic heterocycles. The number of benzene rings is 1. The lowest BCUT2D eigenvalue weighted by Gasteiger charge is -2.23. The number of carbonyl (C=O) groups is 1. The Morgan fingerprint density at radius 2 is 1.83 bits per heavy atom. The second kappa shape index (κ2) is 8.56. The number of alkyl halides is 3. The Hall–Kier alpha value is -2.11. The lowest BCUT2D eigenvalue weighted by Crippen LogP contribution is -2.41. The topological polar surface area (TPSA) is 101 Å². The van der Waals surface area contributed by atoms with E-state index in [1.807, 2.05) is 0 Å². The first-order valence-electron chi connectivity index (χ1n) is 8.63. The molecule has 13 heteroatoms. The number of carbonyl (C=O) groups excluding carboxylic acids is 1. The fourth-order valence-corrected chi connectivity index (χ4v) is 4.68. The van der Waals surface area contributed by atoms with Gasteiger partial charge in [-0.25, -0.2) is 18.4 Å². The first-order chi connectivity index (χ1) is 14.0. The van der Waals surface area contributed by atoms with E-state index in [1.54, 1.807) is 0 Å². The molecule has 0 saturated carbocycles. The standard InChI is InChI=1S/C17H15Cl2F3N4O3S/c18-11-2-1-3-12(13(11)19)25-16-23-8-10(14(26-16)17(20,21)22)15(27)24-9-4-6-30(28,29)7-5-9/h1-3,8-9H,4-7H2,(H,24,27)(H,23,25,26). The normalized spacial score (nSPS) is 16.8. The predicted molar refractivity (Wildman–Crippen MR) is 106 cm³/mol. The Bertz CT molecular complexity index is 1070. The largest absolute Gasteiger partial charge is 0.434 e. The van der Waals surface area contributed by atoms with E-state index in [2.05, 4.69) is 20.6 Å². The zero-order valence-corrected chi connectivity index (χ0v) is 17.5. The van der Waals surface area contributed by atoms with E-state index in [0.717, 1.165) is 6.20 Å². The average Bonchev–Trinajstić information content (AvgIpc) is 2.66. The van der Waals surface area contributed by atoms with Crippen molar-refractivity contribution in [1.82, 2.24) is 15.3 Å². The number of anilines is 2. The summed E-state index contributed by atoms with van der Waals surface area (Å²) in [6, 6.07) is 3.96. The first-order valence-corrected chi connectivity index (χ1v) is 11.2. The van der Waals surface area contributed by atoms with Crippen LogP contribution < -0.4 is 10.6 Å². The molecule has 2 N–H and O–H groups in total. The van der Waals surface area contributed by atoms with Crippen molar-refractivity contribution >= 4 is 50.6 Å². The second-order valence-electron chi connectivity index (χ2n) is 6.58. The summed E-state index contributed by atoms with van der Waals surface area (Å²) in [5, 5.41) is 5.23. The molecule has 2 aromatic rings. The summed E-state index contributed by atoms with van der Waals surface area (Å²) in [5.74, 6) is -1.72. The maximum absolute atomic E-state index is 13.5. The molecular formula is C17H15Cl2F3N4O3S. The van der Waals surface area contributed by atoms with Crippen molar-refractivity contribution < 1.29 is 26.4 Å². The summed E-state index contributed by atoms with van der Waals surface area (Å²) in [6.45, 7) is 0. The van der Waals surface area contributed by atoms with Gasteiger partial charge in [0.1, 0.15) is 9.84 Å². The van der Waals surface area contributed by atoms with Gasteiger partial charge in [0.25, 0.3) is 5.91 Å². The summed E-state index contributed by atoms with van der Waals surface area (Å²) in [7, 11) is -3.17. The minimum absolute atomic E-state index is 0.0744. The molecule has 1 fully saturated rings. The minimum atomic E-state index is -4.93. The van der Waals surface area contributed by atoms with Gasteiger partial charge in [-0.05, 0) is 25.0 Å². The van der Waals surface area contributed by atoms with Crippen molar-refractivity contribution in [2.45, 2.75) is 25.1 Å². The van der Waals surface area contributed by atoms with Crippen LogP contribution in [0.25, 0.3) is 0 Å². The average molecular weight is 483 g/mol. The molecule has 1 aromatic heterocycles. The molecule has 162 valence electrons. The molecule has 1 aliphatic rings. The number of nitrogens with one attached hydrogen (secondary N) is 2. The van der Waals surface area contributed by atoms with Crippen molar-refractivity contribution in [3.05, 3.63) is 45.7 Å². The van der Waals surface area contributed by atoms with Crippen molar-refractivity contribution in [3.8, 4) is 0 Å². The van der Waals surface area contributed by atoms with Crippen LogP contribution in [0.15, 0.2) is 24.4 Å². The molecule has 0 bridgehead atoms. The fourth-order valence-electron chi connectivity index (χ4n) is 2.84. The molecule has 3 rings (SSSR count). The van der Waals surface area contributed by atoms with Gasteiger partial charge >= 0.3 is 6.18 Å². The van der Waals surface area contributed by atoms with Crippen LogP contribution in [0.2, 0.25) is 10.0 Å². The molecule has 1 saturated heterocycles. The summed E-state index contributed by atoms with van der Waals surface area (Å²) in [4.78, 5) is 19.6. The second-order valence-corrected chi connectivity index (χ2v) is 9.67. The van der Waals surface area contributed by atoms with Gasteiger partial charge in [0, 0.05) is 12.2 Å². The predicted octanol–water partition coefficient (Wildman–Crippen LogP) is 3.85. The van der Waals surface area contributed by atoms with Gasteiger partial charge in [0.15, 0.2) is 5.69 Å². The highest BCUT2D eigenvalue weighted by atomic mass is 35.5. The van der Waals surface area contributed by atoms with Crippen molar-refractivity contribution in [3.63, 3.8) is 0 Å². The molecule has 7 nitrogen and oxygen atoms in total. The van der Waals surface area contributed by atoms with Gasteiger partial charge in [-0.3, -0.25) is 4.79 Å². The number of aromatic nitrogens is 2. The van der Waals surface area contributed by atoms with Gasteiger partial charge in [0.2, 0.25) is 5.95 Å². The minimum Gasteiger partial charge on any atom is -0.349 e. The highest BCUT2D eigenvalue weighted by Crippen LogP contribution is 2.34. The van der Waals surface area contributed by atoms with Crippen LogP contribution in [0.4, 0.5) is 24.8 Å². The summed E-state index contributed by atoms with van der Waals surface area (Å²) in [6.07, 6.45) is -3.92. The molecule has 1 aromatic carbocycles. The molecule has 30 heavy (non-hydrogen) atoms. The molecule has 0 aliphatic carbocycles. The third kappa shape index (κ3) is 5.32. The fraction of sp³-hybridized carbons (Fsp3) is 0.353. The summed E-state index contributed by atoms with van der Waals surface area (Å²) in [5.41, 5.74) is -2.00. The van der Waals surface area contributed by atoms with Crippen LogP contribution in [0.3, 0.4) is 0 Å². The van der Waals surface area contributed by atoms with Crippen molar-refractivity contribution in [1.29, 1.82) is 0 Å². The van der Waals surface area contributed by atoms with Gasteiger partial charge in [0.05, 0.1) is 32.8 Å². The number of nitrogens with zero attached hydrogens (tertiary/aromatic N) is 2. The molecule has 1 amide bonds. The number of rotatable bonds is 4. The summed E-state index contributed by atoms with van der Waals surface area (Å²) < 4.78 is 63.5. The van der Waals surface area contributed by atoms with Gasteiger partial charge in [-0.15, -0.1) is 0 Å². The Morgan fingerprint density at radius 1 is 1.17 bits per heavy atom. The van der Waals surface area contributed by atoms with Crippen LogP contribution in [0.1, 0.15) is 28.9 Å². The Morgan fingerprint density at radius 3 is 2.47 bits per heavy atom. The Labute approximate surface area is 179 Å². The number of halogens is 5. The third-order valence-corrected chi connectivity index (χ3v) is 6.92. The molecule has 0 radical (unpaired) electrons. The highest BCUT2D eigenvalue weighted by Gasteiger charge is 2.39. The van der Waals surface area contributed by atoms with E-state index in [0.29, 0.717) is 0 Å². The highest BCUT2D eigenvalue weighted by molar-refractivity contribution is 7.91. The lowest BCUT2D eigenvalue weighted by atomic mass is 10.1.